The zero-order valence-electron chi connectivity index (χ0n) is 12.0. The van der Waals surface area contributed by atoms with Gasteiger partial charge in [0.05, 0.1) is 17.6 Å². The lowest BCUT2D eigenvalue weighted by molar-refractivity contribution is -0.0776. The quantitative estimate of drug-likeness (QED) is 0.867. The van der Waals surface area contributed by atoms with Gasteiger partial charge < -0.3 is 9.84 Å². The van der Waals surface area contributed by atoms with E-state index < -0.39 is 0 Å². The minimum atomic E-state index is -0.182. The lowest BCUT2D eigenvalue weighted by Crippen LogP contribution is -2.36. The number of thiophene rings is 1. The molecule has 0 aliphatic carbocycles. The van der Waals surface area contributed by atoms with Gasteiger partial charge in [-0.15, -0.1) is 11.3 Å². The summed E-state index contributed by atoms with van der Waals surface area (Å²) >= 11 is 7.91. The van der Waals surface area contributed by atoms with Crippen molar-refractivity contribution in [1.82, 2.24) is 0 Å². The Morgan fingerprint density at radius 2 is 2.21 bits per heavy atom. The molecule has 0 bridgehead atoms. The van der Waals surface area contributed by atoms with E-state index >= 15 is 0 Å². The Morgan fingerprint density at radius 3 is 2.79 bits per heavy atom. The van der Waals surface area contributed by atoms with Gasteiger partial charge >= 0.3 is 0 Å². The molecule has 0 amide bonds. The monoisotopic (exact) mass is 302 g/mol. The third-order valence-corrected chi connectivity index (χ3v) is 5.47. The molecule has 0 fully saturated rings. The van der Waals surface area contributed by atoms with E-state index in [0.717, 1.165) is 42.2 Å². The molecule has 19 heavy (non-hydrogen) atoms. The van der Waals surface area contributed by atoms with Crippen LogP contribution in [0.15, 0.2) is 0 Å². The van der Waals surface area contributed by atoms with Crippen molar-refractivity contribution in [2.45, 2.75) is 58.7 Å². The molecule has 1 aliphatic heterocycles. The SMILES string of the molecule is CCC[C@]1(CC(C)C)OCCc2c1sc(Cl)c2CO. The normalized spacial score (nSPS) is 22.8. The summed E-state index contributed by atoms with van der Waals surface area (Å²) in [4.78, 5) is 1.27. The largest absolute Gasteiger partial charge is 0.392 e. The first-order valence-electron chi connectivity index (χ1n) is 7.09. The summed E-state index contributed by atoms with van der Waals surface area (Å²) < 4.78 is 6.96. The zero-order valence-corrected chi connectivity index (χ0v) is 13.5. The molecule has 0 spiro atoms. The molecule has 0 radical (unpaired) electrons. The van der Waals surface area contributed by atoms with Gasteiger partial charge in [-0.1, -0.05) is 38.8 Å². The van der Waals surface area contributed by atoms with Crippen molar-refractivity contribution < 1.29 is 9.84 Å². The lowest BCUT2D eigenvalue weighted by atomic mass is 9.82. The molecule has 1 aromatic heterocycles. The molecule has 1 aliphatic rings. The van der Waals surface area contributed by atoms with E-state index in [4.69, 9.17) is 16.3 Å². The zero-order chi connectivity index (χ0) is 14.0. The van der Waals surface area contributed by atoms with E-state index in [2.05, 4.69) is 20.8 Å². The van der Waals surface area contributed by atoms with Gasteiger partial charge in [-0.25, -0.2) is 0 Å². The highest BCUT2D eigenvalue weighted by molar-refractivity contribution is 7.16. The third kappa shape index (κ3) is 2.85. The fourth-order valence-corrected chi connectivity index (χ4v) is 4.85. The lowest BCUT2D eigenvalue weighted by Gasteiger charge is -2.39. The maximum absolute atomic E-state index is 9.53. The van der Waals surface area contributed by atoms with Crippen molar-refractivity contribution in [1.29, 1.82) is 0 Å². The standard InChI is InChI=1S/C15H23ClO2S/c1-4-6-15(8-10(2)3)13-11(5-7-18-15)12(9-17)14(16)19-13/h10,17H,4-9H2,1-3H3/t15-/m1/s1. The summed E-state index contributed by atoms with van der Waals surface area (Å²) in [5.41, 5.74) is 1.99. The van der Waals surface area contributed by atoms with Crippen molar-refractivity contribution in [3.8, 4) is 0 Å². The number of rotatable bonds is 5. The molecular formula is C15H23ClO2S. The van der Waals surface area contributed by atoms with Crippen LogP contribution < -0.4 is 0 Å². The summed E-state index contributed by atoms with van der Waals surface area (Å²) in [6.07, 6.45) is 4.02. The Balaban J connectivity index is 2.48. The molecule has 1 atom stereocenters. The molecule has 0 unspecified atom stereocenters. The van der Waals surface area contributed by atoms with E-state index in [1.807, 2.05) is 0 Å². The van der Waals surface area contributed by atoms with Gasteiger partial charge in [-0.05, 0) is 30.7 Å². The average Bonchev–Trinajstić information content (AvgIpc) is 2.66. The summed E-state index contributed by atoms with van der Waals surface area (Å²) in [5, 5.41) is 9.53. The fraction of sp³-hybridized carbons (Fsp3) is 0.733. The van der Waals surface area contributed by atoms with Crippen LogP contribution in [0, 0.1) is 5.92 Å². The van der Waals surface area contributed by atoms with E-state index in [9.17, 15) is 5.11 Å². The number of fused-ring (bicyclic) bond motifs is 1. The van der Waals surface area contributed by atoms with Gasteiger partial charge in [0.2, 0.25) is 0 Å². The molecule has 0 saturated heterocycles. The van der Waals surface area contributed by atoms with Crippen LogP contribution in [-0.4, -0.2) is 11.7 Å². The number of ether oxygens (including phenoxy) is 1. The predicted molar refractivity (Wildman–Crippen MR) is 80.9 cm³/mol. The minimum Gasteiger partial charge on any atom is -0.392 e. The first-order valence-corrected chi connectivity index (χ1v) is 8.28. The molecule has 1 N–H and O–H groups in total. The van der Waals surface area contributed by atoms with E-state index in [1.165, 1.54) is 10.4 Å². The molecule has 2 rings (SSSR count). The highest BCUT2D eigenvalue weighted by atomic mass is 35.5. The predicted octanol–water partition coefficient (Wildman–Crippen LogP) is 4.51. The Bertz CT molecular complexity index is 442. The summed E-state index contributed by atoms with van der Waals surface area (Å²) in [7, 11) is 0. The first-order chi connectivity index (χ1) is 9.04. The van der Waals surface area contributed by atoms with Crippen LogP contribution in [0.25, 0.3) is 0 Å². The second-order valence-corrected chi connectivity index (χ2v) is 7.38. The third-order valence-electron chi connectivity index (χ3n) is 3.76. The summed E-state index contributed by atoms with van der Waals surface area (Å²) in [6, 6.07) is 0. The molecule has 4 heteroatoms. The number of hydrogen-bond donors (Lipinski definition) is 1. The average molecular weight is 303 g/mol. The molecular weight excluding hydrogens is 280 g/mol. The second kappa shape index (κ2) is 6.13. The van der Waals surface area contributed by atoms with Gasteiger partial charge in [-0.3, -0.25) is 0 Å². The number of aliphatic hydroxyl groups excluding tert-OH is 1. The molecule has 1 aromatic rings. The van der Waals surface area contributed by atoms with Crippen LogP contribution >= 0.6 is 22.9 Å². The molecule has 108 valence electrons. The second-order valence-electron chi connectivity index (χ2n) is 5.76. The maximum Gasteiger partial charge on any atom is 0.103 e. The van der Waals surface area contributed by atoms with Gasteiger partial charge in [0, 0.05) is 10.4 Å². The maximum atomic E-state index is 9.53. The topological polar surface area (TPSA) is 29.5 Å². The first kappa shape index (κ1) is 15.3. The van der Waals surface area contributed by atoms with E-state index in [-0.39, 0.29) is 12.2 Å². The van der Waals surface area contributed by atoms with Crippen LogP contribution in [-0.2, 0) is 23.4 Å². The molecule has 0 aromatic carbocycles. The highest BCUT2D eigenvalue weighted by Gasteiger charge is 2.40. The van der Waals surface area contributed by atoms with E-state index in [0.29, 0.717) is 5.92 Å². The molecule has 2 nitrogen and oxygen atoms in total. The van der Waals surface area contributed by atoms with Crippen LogP contribution in [0.1, 0.15) is 56.0 Å². The Kier molecular flexibility index (Phi) is 4.93. The number of halogens is 1. The minimum absolute atomic E-state index is 0.0363. The Hall–Kier alpha value is -0.0900. The van der Waals surface area contributed by atoms with Gasteiger partial charge in [0.25, 0.3) is 0 Å². The van der Waals surface area contributed by atoms with Crippen molar-refractivity contribution in [2.75, 3.05) is 6.61 Å². The van der Waals surface area contributed by atoms with Crippen LogP contribution in [0.3, 0.4) is 0 Å². The van der Waals surface area contributed by atoms with Crippen molar-refractivity contribution in [3.63, 3.8) is 0 Å². The summed E-state index contributed by atoms with van der Waals surface area (Å²) in [6.45, 7) is 7.44. The van der Waals surface area contributed by atoms with Gasteiger partial charge in [-0.2, -0.15) is 0 Å². The highest BCUT2D eigenvalue weighted by Crippen LogP contribution is 2.48. The van der Waals surface area contributed by atoms with Crippen LogP contribution in [0.2, 0.25) is 4.34 Å². The number of hydrogen-bond acceptors (Lipinski definition) is 3. The van der Waals surface area contributed by atoms with Crippen LogP contribution in [0.5, 0.6) is 0 Å². The molecule has 0 saturated carbocycles. The molecule has 2 heterocycles. The fourth-order valence-electron chi connectivity index (χ4n) is 3.18. The Labute approximate surface area is 124 Å². The smallest absolute Gasteiger partial charge is 0.103 e. The van der Waals surface area contributed by atoms with Gasteiger partial charge in [0.1, 0.15) is 5.60 Å². The van der Waals surface area contributed by atoms with Crippen LogP contribution in [0.4, 0.5) is 0 Å². The van der Waals surface area contributed by atoms with Crippen molar-refractivity contribution in [2.24, 2.45) is 5.92 Å². The number of aliphatic hydroxyl groups is 1. The Morgan fingerprint density at radius 1 is 1.47 bits per heavy atom. The van der Waals surface area contributed by atoms with E-state index in [1.54, 1.807) is 11.3 Å². The van der Waals surface area contributed by atoms with Crippen molar-refractivity contribution >= 4 is 22.9 Å². The van der Waals surface area contributed by atoms with Gasteiger partial charge in [0.15, 0.2) is 0 Å². The van der Waals surface area contributed by atoms with Crippen molar-refractivity contribution in [3.05, 3.63) is 20.3 Å². The summed E-state index contributed by atoms with van der Waals surface area (Å²) in [5.74, 6) is 0.580.